The molecule has 0 radical (unpaired) electrons. The van der Waals surface area contributed by atoms with Crippen LogP contribution in [0, 0.1) is 5.92 Å². The molecule has 0 heterocycles. The number of aliphatic hydroxyl groups excluding tert-OH is 1. The second-order valence-electron chi connectivity index (χ2n) is 5.46. The van der Waals surface area contributed by atoms with Crippen LogP contribution in [0.5, 0.6) is 0 Å². The van der Waals surface area contributed by atoms with E-state index in [-0.39, 0.29) is 11.7 Å². The van der Waals surface area contributed by atoms with Crippen molar-refractivity contribution in [2.24, 2.45) is 5.92 Å². The molecule has 1 aliphatic rings. The standard InChI is InChI=1S/C12H24O2/c1-12(2,3)14-9-11(13)8-10-6-4-5-7-10/h10-11,13H,4-9H2,1-3H3. The Kier molecular flexibility index (Phi) is 4.39. The maximum atomic E-state index is 9.75. The van der Waals surface area contributed by atoms with Gasteiger partial charge >= 0.3 is 0 Å². The topological polar surface area (TPSA) is 29.5 Å². The number of aliphatic hydroxyl groups is 1. The summed E-state index contributed by atoms with van der Waals surface area (Å²) in [5, 5.41) is 9.75. The van der Waals surface area contributed by atoms with Gasteiger partial charge in [0.05, 0.1) is 18.3 Å². The summed E-state index contributed by atoms with van der Waals surface area (Å²) in [5.74, 6) is 0.744. The van der Waals surface area contributed by atoms with Crippen LogP contribution in [0.15, 0.2) is 0 Å². The van der Waals surface area contributed by atoms with Crippen molar-refractivity contribution in [2.45, 2.75) is 64.6 Å². The summed E-state index contributed by atoms with van der Waals surface area (Å²) < 4.78 is 5.55. The second kappa shape index (κ2) is 5.13. The van der Waals surface area contributed by atoms with Gasteiger partial charge in [-0.3, -0.25) is 0 Å². The summed E-state index contributed by atoms with van der Waals surface area (Å²) in [6.45, 7) is 6.56. The zero-order chi connectivity index (χ0) is 10.6. The van der Waals surface area contributed by atoms with Gasteiger partial charge in [0.25, 0.3) is 0 Å². The Labute approximate surface area is 87.7 Å². The average molecular weight is 200 g/mol. The first-order valence-electron chi connectivity index (χ1n) is 5.79. The van der Waals surface area contributed by atoms with Gasteiger partial charge in [-0.15, -0.1) is 0 Å². The van der Waals surface area contributed by atoms with E-state index in [4.69, 9.17) is 4.74 Å². The first kappa shape index (κ1) is 12.0. The van der Waals surface area contributed by atoms with Crippen LogP contribution in [0.1, 0.15) is 52.9 Å². The molecule has 0 aromatic rings. The van der Waals surface area contributed by atoms with Crippen LogP contribution >= 0.6 is 0 Å². The van der Waals surface area contributed by atoms with Crippen LogP contribution in [0.3, 0.4) is 0 Å². The van der Waals surface area contributed by atoms with Crippen LogP contribution < -0.4 is 0 Å². The SMILES string of the molecule is CC(C)(C)OCC(O)CC1CCCC1. The molecule has 0 aromatic carbocycles. The van der Waals surface area contributed by atoms with Crippen LogP contribution in [-0.2, 0) is 4.74 Å². The predicted octanol–water partition coefficient (Wildman–Crippen LogP) is 2.74. The van der Waals surface area contributed by atoms with Gasteiger partial charge in [-0.25, -0.2) is 0 Å². The molecular formula is C12H24O2. The van der Waals surface area contributed by atoms with E-state index in [9.17, 15) is 5.11 Å². The van der Waals surface area contributed by atoms with Crippen LogP contribution in [0.4, 0.5) is 0 Å². The molecule has 14 heavy (non-hydrogen) atoms. The summed E-state index contributed by atoms with van der Waals surface area (Å²) in [6, 6.07) is 0. The quantitative estimate of drug-likeness (QED) is 0.756. The zero-order valence-electron chi connectivity index (χ0n) is 9.75. The zero-order valence-corrected chi connectivity index (χ0v) is 9.75. The summed E-state index contributed by atoms with van der Waals surface area (Å²) in [7, 11) is 0. The van der Waals surface area contributed by atoms with E-state index >= 15 is 0 Å². The molecule has 1 saturated carbocycles. The summed E-state index contributed by atoms with van der Waals surface area (Å²) in [5.41, 5.74) is -0.128. The van der Waals surface area contributed by atoms with Gasteiger partial charge < -0.3 is 9.84 Å². The van der Waals surface area contributed by atoms with Crippen molar-refractivity contribution < 1.29 is 9.84 Å². The fourth-order valence-electron chi connectivity index (χ4n) is 2.05. The third kappa shape index (κ3) is 4.97. The van der Waals surface area contributed by atoms with E-state index in [2.05, 4.69) is 0 Å². The monoisotopic (exact) mass is 200 g/mol. The molecule has 0 bridgehead atoms. The average Bonchev–Trinajstić information content (AvgIpc) is 2.52. The normalized spacial score (nSPS) is 21.4. The van der Waals surface area contributed by atoms with Crippen LogP contribution in [-0.4, -0.2) is 23.4 Å². The second-order valence-corrected chi connectivity index (χ2v) is 5.46. The van der Waals surface area contributed by atoms with Gasteiger partial charge in [0.2, 0.25) is 0 Å². The van der Waals surface area contributed by atoms with Crippen molar-refractivity contribution in [1.29, 1.82) is 0 Å². The molecular weight excluding hydrogens is 176 g/mol. The molecule has 2 nitrogen and oxygen atoms in total. The molecule has 1 N–H and O–H groups in total. The molecule has 1 unspecified atom stereocenters. The largest absolute Gasteiger partial charge is 0.391 e. The van der Waals surface area contributed by atoms with Crippen molar-refractivity contribution in [3.8, 4) is 0 Å². The Bertz CT molecular complexity index is 154. The van der Waals surface area contributed by atoms with Gasteiger partial charge in [-0.05, 0) is 33.1 Å². The molecule has 2 heteroatoms. The molecule has 0 amide bonds. The lowest BCUT2D eigenvalue weighted by Gasteiger charge is -2.23. The van der Waals surface area contributed by atoms with Gasteiger partial charge in [-0.1, -0.05) is 25.7 Å². The number of hydrogen-bond donors (Lipinski definition) is 1. The van der Waals surface area contributed by atoms with Crippen molar-refractivity contribution in [3.63, 3.8) is 0 Å². The molecule has 0 saturated heterocycles. The highest BCUT2D eigenvalue weighted by Crippen LogP contribution is 2.28. The minimum Gasteiger partial charge on any atom is -0.391 e. The highest BCUT2D eigenvalue weighted by molar-refractivity contribution is 4.71. The smallest absolute Gasteiger partial charge is 0.0776 e. The van der Waals surface area contributed by atoms with Crippen LogP contribution in [0.25, 0.3) is 0 Å². The number of ether oxygens (including phenoxy) is 1. The Balaban J connectivity index is 2.12. The van der Waals surface area contributed by atoms with E-state index in [1.165, 1.54) is 25.7 Å². The highest BCUT2D eigenvalue weighted by atomic mass is 16.5. The Morgan fingerprint density at radius 3 is 2.36 bits per heavy atom. The van der Waals surface area contributed by atoms with Crippen LogP contribution in [0.2, 0.25) is 0 Å². The molecule has 0 aliphatic heterocycles. The fraction of sp³-hybridized carbons (Fsp3) is 1.00. The van der Waals surface area contributed by atoms with E-state index < -0.39 is 0 Å². The Morgan fingerprint density at radius 2 is 1.86 bits per heavy atom. The lowest BCUT2D eigenvalue weighted by molar-refractivity contribution is -0.0539. The van der Waals surface area contributed by atoms with Gasteiger partial charge in [0.15, 0.2) is 0 Å². The van der Waals surface area contributed by atoms with Crippen molar-refractivity contribution in [2.75, 3.05) is 6.61 Å². The van der Waals surface area contributed by atoms with E-state index in [1.807, 2.05) is 20.8 Å². The van der Waals surface area contributed by atoms with Crippen molar-refractivity contribution in [1.82, 2.24) is 0 Å². The van der Waals surface area contributed by atoms with E-state index in [0.29, 0.717) is 6.61 Å². The molecule has 1 aliphatic carbocycles. The van der Waals surface area contributed by atoms with Gasteiger partial charge in [-0.2, -0.15) is 0 Å². The summed E-state index contributed by atoms with van der Waals surface area (Å²) in [4.78, 5) is 0. The minimum absolute atomic E-state index is 0.128. The molecule has 0 aromatic heterocycles. The Hall–Kier alpha value is -0.0800. The third-order valence-corrected chi connectivity index (χ3v) is 2.79. The Morgan fingerprint density at radius 1 is 1.29 bits per heavy atom. The molecule has 1 atom stereocenters. The number of hydrogen-bond acceptors (Lipinski definition) is 2. The molecule has 1 fully saturated rings. The molecule has 84 valence electrons. The van der Waals surface area contributed by atoms with E-state index in [1.54, 1.807) is 0 Å². The maximum absolute atomic E-state index is 9.75. The first-order chi connectivity index (χ1) is 6.47. The van der Waals surface area contributed by atoms with E-state index in [0.717, 1.165) is 12.3 Å². The predicted molar refractivity (Wildman–Crippen MR) is 58.3 cm³/mol. The first-order valence-corrected chi connectivity index (χ1v) is 5.79. The minimum atomic E-state index is -0.266. The van der Waals surface area contributed by atoms with Gasteiger partial charge in [0.1, 0.15) is 0 Å². The lowest BCUT2D eigenvalue weighted by Crippen LogP contribution is -2.27. The lowest BCUT2D eigenvalue weighted by atomic mass is 10.0. The summed E-state index contributed by atoms with van der Waals surface area (Å²) in [6.07, 6.45) is 5.95. The van der Waals surface area contributed by atoms with Gasteiger partial charge in [0, 0.05) is 0 Å². The molecule has 0 spiro atoms. The fourth-order valence-corrected chi connectivity index (χ4v) is 2.05. The van der Waals surface area contributed by atoms with Crippen molar-refractivity contribution in [3.05, 3.63) is 0 Å². The summed E-state index contributed by atoms with van der Waals surface area (Å²) >= 11 is 0. The van der Waals surface area contributed by atoms with Crippen molar-refractivity contribution >= 4 is 0 Å². The number of rotatable bonds is 4. The highest BCUT2D eigenvalue weighted by Gasteiger charge is 2.20. The molecule has 1 rings (SSSR count). The third-order valence-electron chi connectivity index (χ3n) is 2.79. The maximum Gasteiger partial charge on any atom is 0.0776 e.